The van der Waals surface area contributed by atoms with Crippen molar-refractivity contribution in [3.8, 4) is 0 Å². The highest BCUT2D eigenvalue weighted by Crippen LogP contribution is 2.50. The molecule has 1 spiro atoms. The van der Waals surface area contributed by atoms with E-state index in [0.717, 1.165) is 32.4 Å². The number of carbonyl (C=O) groups is 1. The predicted octanol–water partition coefficient (Wildman–Crippen LogP) is 2.01. The molecule has 1 unspecified atom stereocenters. The Morgan fingerprint density at radius 3 is 2.68 bits per heavy atom. The van der Waals surface area contributed by atoms with Gasteiger partial charge in [0.05, 0.1) is 11.8 Å². The van der Waals surface area contributed by atoms with Crippen LogP contribution in [0.15, 0.2) is 10.8 Å². The molecule has 1 atom stereocenters. The van der Waals surface area contributed by atoms with Crippen LogP contribution in [-0.2, 0) is 4.74 Å². The van der Waals surface area contributed by atoms with Crippen LogP contribution in [0.3, 0.4) is 0 Å². The summed E-state index contributed by atoms with van der Waals surface area (Å²) in [5.41, 5.74) is 0.992. The molecule has 2 aliphatic rings. The third kappa shape index (κ3) is 1.96. The second kappa shape index (κ2) is 4.63. The fraction of sp³-hybridized carbons (Fsp3) is 0.714. The van der Waals surface area contributed by atoms with Gasteiger partial charge in [-0.25, -0.2) is 4.98 Å². The number of ether oxygens (including phenoxy) is 1. The van der Waals surface area contributed by atoms with Crippen molar-refractivity contribution in [3.63, 3.8) is 0 Å². The summed E-state index contributed by atoms with van der Waals surface area (Å²) in [5.74, 6) is 0.353. The molecule has 2 fully saturated rings. The minimum absolute atomic E-state index is 0.0295. The van der Waals surface area contributed by atoms with Gasteiger partial charge in [0, 0.05) is 25.6 Å². The molecule has 19 heavy (non-hydrogen) atoms. The lowest BCUT2D eigenvalue weighted by Gasteiger charge is -2.52. The van der Waals surface area contributed by atoms with Crippen LogP contribution < -0.4 is 0 Å². The molecule has 5 nitrogen and oxygen atoms in total. The van der Waals surface area contributed by atoms with Gasteiger partial charge < -0.3 is 14.1 Å². The Morgan fingerprint density at radius 2 is 2.21 bits per heavy atom. The molecular formula is C14H20N2O3. The second-order valence-corrected chi connectivity index (χ2v) is 5.68. The number of aromatic nitrogens is 1. The highest BCUT2D eigenvalue weighted by Gasteiger charge is 2.49. The second-order valence-electron chi connectivity index (χ2n) is 5.68. The highest BCUT2D eigenvalue weighted by molar-refractivity contribution is 5.92. The van der Waals surface area contributed by atoms with Gasteiger partial charge in [-0.3, -0.25) is 4.79 Å². The van der Waals surface area contributed by atoms with Crippen LogP contribution in [0.5, 0.6) is 0 Å². The first-order valence-electron chi connectivity index (χ1n) is 6.88. The van der Waals surface area contributed by atoms with E-state index >= 15 is 0 Å². The summed E-state index contributed by atoms with van der Waals surface area (Å²) < 4.78 is 10.7. The average Bonchev–Trinajstić information content (AvgIpc) is 2.84. The van der Waals surface area contributed by atoms with Gasteiger partial charge >= 0.3 is 0 Å². The van der Waals surface area contributed by atoms with Crippen molar-refractivity contribution in [3.05, 3.63) is 17.8 Å². The van der Waals surface area contributed by atoms with E-state index in [2.05, 4.69) is 4.98 Å². The number of carbonyl (C=O) groups excluding carboxylic acids is 1. The lowest BCUT2D eigenvalue weighted by molar-refractivity contribution is -0.116. The SMILES string of the molecule is COC1CCC12CCN(C(=O)c1ocnc1C)CC2. The maximum absolute atomic E-state index is 12.3. The van der Waals surface area contributed by atoms with Crippen molar-refractivity contribution in [1.82, 2.24) is 9.88 Å². The molecule has 5 heteroatoms. The zero-order valence-electron chi connectivity index (χ0n) is 11.5. The van der Waals surface area contributed by atoms with Crippen molar-refractivity contribution in [1.29, 1.82) is 0 Å². The molecular weight excluding hydrogens is 244 g/mol. The summed E-state index contributed by atoms with van der Waals surface area (Å²) in [5, 5.41) is 0. The van der Waals surface area contributed by atoms with Crippen LogP contribution in [0.25, 0.3) is 0 Å². The lowest BCUT2D eigenvalue weighted by atomic mass is 9.61. The van der Waals surface area contributed by atoms with Crippen LogP contribution >= 0.6 is 0 Å². The summed E-state index contributed by atoms with van der Waals surface area (Å²) >= 11 is 0. The standard InChI is InChI=1S/C14H20N2O3/c1-10-12(19-9-15-10)13(17)16-7-5-14(6-8-16)4-3-11(14)18-2/h9,11H,3-8H2,1-2H3. The van der Waals surface area contributed by atoms with E-state index in [-0.39, 0.29) is 5.91 Å². The topological polar surface area (TPSA) is 55.6 Å². The minimum atomic E-state index is -0.0295. The van der Waals surface area contributed by atoms with E-state index < -0.39 is 0 Å². The molecule has 0 radical (unpaired) electrons. The molecule has 1 aliphatic carbocycles. The number of rotatable bonds is 2. The smallest absolute Gasteiger partial charge is 0.291 e. The van der Waals surface area contributed by atoms with E-state index in [1.807, 2.05) is 4.90 Å². The summed E-state index contributed by atoms with van der Waals surface area (Å²) in [7, 11) is 1.79. The first-order chi connectivity index (χ1) is 9.16. The number of aryl methyl sites for hydroxylation is 1. The first kappa shape index (κ1) is 12.7. The molecule has 3 rings (SSSR count). The third-order valence-electron chi connectivity index (χ3n) is 4.86. The van der Waals surface area contributed by atoms with Gasteiger partial charge in [0.25, 0.3) is 5.91 Å². The van der Waals surface area contributed by atoms with Crippen molar-refractivity contribution in [2.75, 3.05) is 20.2 Å². The fourth-order valence-corrected chi connectivity index (χ4v) is 3.42. The van der Waals surface area contributed by atoms with Gasteiger partial charge in [-0.2, -0.15) is 0 Å². The summed E-state index contributed by atoms with van der Waals surface area (Å²) in [4.78, 5) is 18.2. The molecule has 0 aromatic carbocycles. The van der Waals surface area contributed by atoms with Crippen molar-refractivity contribution >= 4 is 5.91 Å². The average molecular weight is 264 g/mol. The normalized spacial score (nSPS) is 25.4. The third-order valence-corrected chi connectivity index (χ3v) is 4.86. The van der Waals surface area contributed by atoms with E-state index in [0.29, 0.717) is 23.0 Å². The van der Waals surface area contributed by atoms with E-state index in [9.17, 15) is 4.79 Å². The Kier molecular flexibility index (Phi) is 3.09. The van der Waals surface area contributed by atoms with E-state index in [1.165, 1.54) is 12.8 Å². The van der Waals surface area contributed by atoms with E-state index in [1.54, 1.807) is 14.0 Å². The zero-order chi connectivity index (χ0) is 13.5. The number of oxazole rings is 1. The number of amides is 1. The maximum Gasteiger partial charge on any atom is 0.291 e. The fourth-order valence-electron chi connectivity index (χ4n) is 3.42. The van der Waals surface area contributed by atoms with Gasteiger partial charge in [0.15, 0.2) is 6.39 Å². The summed E-state index contributed by atoms with van der Waals surface area (Å²) in [6.07, 6.45) is 6.17. The van der Waals surface area contributed by atoms with Crippen LogP contribution in [-0.4, -0.2) is 42.1 Å². The minimum Gasteiger partial charge on any atom is -0.438 e. The monoisotopic (exact) mass is 264 g/mol. The Hall–Kier alpha value is -1.36. The van der Waals surface area contributed by atoms with Crippen molar-refractivity contribution < 1.29 is 13.9 Å². The van der Waals surface area contributed by atoms with Gasteiger partial charge in [-0.15, -0.1) is 0 Å². The maximum atomic E-state index is 12.3. The number of methoxy groups -OCH3 is 1. The molecule has 0 bridgehead atoms. The Labute approximate surface area is 112 Å². The molecule has 1 amide bonds. The number of piperidine rings is 1. The number of hydrogen-bond donors (Lipinski definition) is 0. The molecule has 104 valence electrons. The number of nitrogens with zero attached hydrogens (tertiary/aromatic N) is 2. The Morgan fingerprint density at radius 1 is 1.47 bits per heavy atom. The van der Waals surface area contributed by atoms with Gasteiger partial charge in [0.2, 0.25) is 5.76 Å². The van der Waals surface area contributed by atoms with Crippen LogP contribution in [0.1, 0.15) is 41.9 Å². The van der Waals surface area contributed by atoms with Gasteiger partial charge in [-0.1, -0.05) is 0 Å². The quantitative estimate of drug-likeness (QED) is 0.820. The van der Waals surface area contributed by atoms with Gasteiger partial charge in [0.1, 0.15) is 0 Å². The van der Waals surface area contributed by atoms with E-state index in [4.69, 9.17) is 9.15 Å². The molecule has 1 saturated carbocycles. The molecule has 0 N–H and O–H groups in total. The van der Waals surface area contributed by atoms with Crippen molar-refractivity contribution in [2.45, 2.75) is 38.7 Å². The van der Waals surface area contributed by atoms with Gasteiger partial charge in [-0.05, 0) is 32.6 Å². The number of likely N-dealkylation sites (tertiary alicyclic amines) is 1. The summed E-state index contributed by atoms with van der Waals surface area (Å²) in [6.45, 7) is 3.38. The molecule has 1 aliphatic heterocycles. The summed E-state index contributed by atoms with van der Waals surface area (Å²) in [6, 6.07) is 0. The molecule has 1 aromatic rings. The van der Waals surface area contributed by atoms with Crippen LogP contribution in [0.4, 0.5) is 0 Å². The Bertz CT molecular complexity index is 473. The highest BCUT2D eigenvalue weighted by atomic mass is 16.5. The Balaban J connectivity index is 1.65. The van der Waals surface area contributed by atoms with Crippen LogP contribution in [0.2, 0.25) is 0 Å². The first-order valence-corrected chi connectivity index (χ1v) is 6.88. The lowest BCUT2D eigenvalue weighted by Crippen LogP contribution is -2.53. The molecule has 2 heterocycles. The predicted molar refractivity (Wildman–Crippen MR) is 68.8 cm³/mol. The number of hydrogen-bond acceptors (Lipinski definition) is 4. The largest absolute Gasteiger partial charge is 0.438 e. The van der Waals surface area contributed by atoms with Crippen LogP contribution in [0, 0.1) is 12.3 Å². The molecule has 1 saturated heterocycles. The zero-order valence-corrected chi connectivity index (χ0v) is 11.5. The van der Waals surface area contributed by atoms with Crippen molar-refractivity contribution in [2.24, 2.45) is 5.41 Å². The molecule has 1 aromatic heterocycles.